The molecule has 0 spiro atoms. The van der Waals surface area contributed by atoms with Gasteiger partial charge in [0.05, 0.1) is 5.02 Å². The molecule has 0 unspecified atom stereocenters. The largest absolute Gasteiger partial charge is 0.375 e. The summed E-state index contributed by atoms with van der Waals surface area (Å²) in [4.78, 5) is 8.72. The van der Waals surface area contributed by atoms with Crippen molar-refractivity contribution in [2.75, 3.05) is 5.73 Å². The van der Waals surface area contributed by atoms with Crippen molar-refractivity contribution in [1.29, 1.82) is 0 Å². The summed E-state index contributed by atoms with van der Waals surface area (Å²) >= 11 is 12.7. The molecule has 3 nitrogen and oxygen atoms in total. The van der Waals surface area contributed by atoms with Crippen LogP contribution >= 0.6 is 34.5 Å². The molecular formula is C6H3Cl2N3S. The van der Waals surface area contributed by atoms with E-state index in [2.05, 4.69) is 9.97 Å². The van der Waals surface area contributed by atoms with Crippen molar-refractivity contribution in [3.05, 3.63) is 16.2 Å². The Bertz CT molecular complexity index is 401. The van der Waals surface area contributed by atoms with E-state index in [4.69, 9.17) is 28.9 Å². The summed E-state index contributed by atoms with van der Waals surface area (Å²) in [6.45, 7) is 0. The zero-order valence-corrected chi connectivity index (χ0v) is 8.04. The van der Waals surface area contributed by atoms with Gasteiger partial charge in [0, 0.05) is 0 Å². The van der Waals surface area contributed by atoms with Crippen molar-refractivity contribution in [2.45, 2.75) is 0 Å². The van der Waals surface area contributed by atoms with E-state index < -0.39 is 0 Å². The van der Waals surface area contributed by atoms with Gasteiger partial charge in [-0.2, -0.15) is 0 Å². The summed E-state index contributed by atoms with van der Waals surface area (Å²) in [5.41, 5.74) is 6.16. The average molecular weight is 220 g/mol. The number of pyridine rings is 1. The normalized spacial score (nSPS) is 10.8. The summed E-state index contributed by atoms with van der Waals surface area (Å²) in [5, 5.41) is 1.15. The van der Waals surface area contributed by atoms with Crippen LogP contribution in [0.25, 0.3) is 10.3 Å². The van der Waals surface area contributed by atoms with E-state index in [-0.39, 0.29) is 5.15 Å². The van der Waals surface area contributed by atoms with Gasteiger partial charge in [0.25, 0.3) is 0 Å². The number of nitrogens with two attached hydrogens (primary N) is 1. The maximum atomic E-state index is 5.73. The van der Waals surface area contributed by atoms with Gasteiger partial charge in [-0.25, -0.2) is 9.97 Å². The zero-order chi connectivity index (χ0) is 8.72. The monoisotopic (exact) mass is 219 g/mol. The second-order valence-corrected chi connectivity index (χ2v) is 3.91. The van der Waals surface area contributed by atoms with E-state index in [0.717, 1.165) is 0 Å². The maximum Gasteiger partial charge on any atom is 0.182 e. The fraction of sp³-hybridized carbons (Fsp3) is 0. The summed E-state index contributed by atoms with van der Waals surface area (Å²) in [6, 6.07) is 1.65. The standard InChI is InChI=1S/C6H3Cl2N3S/c7-2-1-3-5(11-4(2)8)12-6(9)10-3/h1H,(H2,9,10). The van der Waals surface area contributed by atoms with Gasteiger partial charge in [-0.05, 0) is 6.07 Å². The molecule has 62 valence electrons. The molecule has 0 radical (unpaired) electrons. The molecular weight excluding hydrogens is 217 g/mol. The van der Waals surface area contributed by atoms with Crippen molar-refractivity contribution in [3.8, 4) is 0 Å². The van der Waals surface area contributed by atoms with Gasteiger partial charge in [-0.1, -0.05) is 34.5 Å². The Balaban J connectivity index is 2.83. The molecule has 0 amide bonds. The Morgan fingerprint density at radius 1 is 1.33 bits per heavy atom. The Morgan fingerprint density at radius 2 is 2.08 bits per heavy atom. The molecule has 0 bridgehead atoms. The van der Waals surface area contributed by atoms with E-state index >= 15 is 0 Å². The lowest BCUT2D eigenvalue weighted by atomic mass is 10.4. The van der Waals surface area contributed by atoms with E-state index in [1.807, 2.05) is 0 Å². The minimum Gasteiger partial charge on any atom is -0.375 e. The van der Waals surface area contributed by atoms with Crippen LogP contribution in [0.2, 0.25) is 10.2 Å². The molecule has 0 fully saturated rings. The topological polar surface area (TPSA) is 51.8 Å². The number of fused-ring (bicyclic) bond motifs is 1. The van der Waals surface area contributed by atoms with Crippen molar-refractivity contribution < 1.29 is 0 Å². The third kappa shape index (κ3) is 1.22. The highest BCUT2D eigenvalue weighted by Gasteiger charge is 2.06. The molecule has 12 heavy (non-hydrogen) atoms. The zero-order valence-electron chi connectivity index (χ0n) is 5.71. The number of anilines is 1. The highest BCUT2D eigenvalue weighted by Crippen LogP contribution is 2.28. The molecule has 0 atom stereocenters. The first-order valence-electron chi connectivity index (χ1n) is 3.05. The molecule has 2 heterocycles. The minimum absolute atomic E-state index is 0.285. The van der Waals surface area contributed by atoms with E-state index in [9.17, 15) is 0 Å². The van der Waals surface area contributed by atoms with Crippen LogP contribution in [0.4, 0.5) is 5.13 Å². The van der Waals surface area contributed by atoms with E-state index in [1.165, 1.54) is 11.3 Å². The molecule has 2 aromatic heterocycles. The summed E-state index contributed by atoms with van der Waals surface area (Å²) in [5.74, 6) is 0. The predicted molar refractivity (Wildman–Crippen MR) is 51.8 cm³/mol. The smallest absolute Gasteiger partial charge is 0.182 e. The fourth-order valence-electron chi connectivity index (χ4n) is 0.837. The minimum atomic E-state index is 0.285. The van der Waals surface area contributed by atoms with Crippen LogP contribution in [0.3, 0.4) is 0 Å². The van der Waals surface area contributed by atoms with Gasteiger partial charge in [0.1, 0.15) is 15.5 Å². The van der Waals surface area contributed by atoms with Crippen LogP contribution in [0.1, 0.15) is 0 Å². The summed E-state index contributed by atoms with van der Waals surface area (Å²) < 4.78 is 0. The van der Waals surface area contributed by atoms with Crippen LogP contribution in [-0.2, 0) is 0 Å². The molecule has 0 aliphatic rings. The lowest BCUT2D eigenvalue weighted by Gasteiger charge is -1.91. The number of rotatable bonds is 0. The number of nitrogens with zero attached hydrogens (tertiary/aromatic N) is 2. The number of thiazole rings is 1. The Hall–Kier alpha value is -0.580. The number of hydrogen-bond acceptors (Lipinski definition) is 4. The lowest BCUT2D eigenvalue weighted by Crippen LogP contribution is -1.79. The summed E-state index contributed by atoms with van der Waals surface area (Å²) in [6.07, 6.45) is 0. The van der Waals surface area contributed by atoms with Crippen LogP contribution in [0.15, 0.2) is 6.07 Å². The highest BCUT2D eigenvalue weighted by molar-refractivity contribution is 7.21. The van der Waals surface area contributed by atoms with Gasteiger partial charge >= 0.3 is 0 Å². The first-order valence-corrected chi connectivity index (χ1v) is 4.62. The number of hydrogen-bond donors (Lipinski definition) is 1. The molecule has 2 aromatic rings. The van der Waals surface area contributed by atoms with E-state index in [0.29, 0.717) is 20.5 Å². The fourth-order valence-corrected chi connectivity index (χ4v) is 1.86. The quantitative estimate of drug-likeness (QED) is 0.694. The van der Waals surface area contributed by atoms with Crippen LogP contribution in [-0.4, -0.2) is 9.97 Å². The van der Waals surface area contributed by atoms with Crippen LogP contribution < -0.4 is 5.73 Å². The number of aromatic nitrogens is 2. The predicted octanol–water partition coefficient (Wildman–Crippen LogP) is 2.58. The van der Waals surface area contributed by atoms with Gasteiger partial charge < -0.3 is 5.73 Å². The second-order valence-electron chi connectivity index (χ2n) is 2.14. The second kappa shape index (κ2) is 2.73. The van der Waals surface area contributed by atoms with Crippen LogP contribution in [0.5, 0.6) is 0 Å². The van der Waals surface area contributed by atoms with Gasteiger partial charge in [0.15, 0.2) is 5.13 Å². The third-order valence-electron chi connectivity index (χ3n) is 1.31. The Morgan fingerprint density at radius 3 is 2.83 bits per heavy atom. The molecule has 2 rings (SSSR count). The van der Waals surface area contributed by atoms with Crippen molar-refractivity contribution in [2.24, 2.45) is 0 Å². The SMILES string of the molecule is Nc1nc2cc(Cl)c(Cl)nc2s1. The van der Waals surface area contributed by atoms with Crippen LogP contribution in [0, 0.1) is 0 Å². The van der Waals surface area contributed by atoms with Gasteiger partial charge in [0.2, 0.25) is 0 Å². The Kier molecular flexibility index (Phi) is 1.83. The van der Waals surface area contributed by atoms with Crippen molar-refractivity contribution in [3.63, 3.8) is 0 Å². The molecule has 2 N–H and O–H groups in total. The number of halogens is 2. The molecule has 0 aliphatic carbocycles. The highest BCUT2D eigenvalue weighted by atomic mass is 35.5. The lowest BCUT2D eigenvalue weighted by molar-refractivity contribution is 1.41. The van der Waals surface area contributed by atoms with Gasteiger partial charge in [-0.15, -0.1) is 0 Å². The van der Waals surface area contributed by atoms with Gasteiger partial charge in [-0.3, -0.25) is 0 Å². The average Bonchev–Trinajstić information content (AvgIpc) is 2.30. The third-order valence-corrected chi connectivity index (χ3v) is 2.78. The van der Waals surface area contributed by atoms with E-state index in [1.54, 1.807) is 6.07 Å². The molecule has 6 heteroatoms. The first kappa shape index (κ1) is 8.04. The first-order chi connectivity index (χ1) is 5.66. The molecule has 0 aromatic carbocycles. The van der Waals surface area contributed by atoms with Crippen molar-refractivity contribution >= 4 is 50.0 Å². The number of nitrogen functional groups attached to an aromatic ring is 1. The Labute approximate surface area is 82.1 Å². The molecule has 0 aliphatic heterocycles. The summed E-state index contributed by atoms with van der Waals surface area (Å²) in [7, 11) is 0. The maximum absolute atomic E-state index is 5.73. The molecule has 0 saturated carbocycles. The van der Waals surface area contributed by atoms with Crippen molar-refractivity contribution in [1.82, 2.24) is 9.97 Å². The molecule has 0 saturated heterocycles.